The van der Waals surface area contributed by atoms with E-state index in [0.717, 1.165) is 55.9 Å². The third kappa shape index (κ3) is 6.32. The molecule has 298 valence electrons. The van der Waals surface area contributed by atoms with Crippen LogP contribution in [0.1, 0.15) is 22.3 Å². The van der Waals surface area contributed by atoms with Crippen LogP contribution in [0.15, 0.2) is 170 Å². The Labute approximate surface area is 350 Å². The molecule has 8 aromatic carbocycles. The number of alkyl halides is 6. The molecule has 0 aliphatic heterocycles. The minimum Gasteiger partial charge on any atom is -0.309 e. The van der Waals surface area contributed by atoms with Crippen LogP contribution in [0.3, 0.4) is 0 Å². The zero-order valence-electron chi connectivity index (χ0n) is 32.2. The van der Waals surface area contributed by atoms with Gasteiger partial charge in [0, 0.05) is 32.9 Å². The standard InChI is InChI=1S/C52H28F6N4/c53-51(54,55)45-23-19-37(61-47-7-3-1-5-39(47)41-21-17-35(25-49(41)61)33-13-9-31(29-59)10-14-33)27-43(45)44-28-38(20-24-46(44)52(56,57)58)62-48-8-4-2-6-40(48)42-22-18-36(26-50(42)62)34-15-11-32(30-60)12-16-34/h1-28H. The Kier molecular flexibility index (Phi) is 8.79. The lowest BCUT2D eigenvalue weighted by Crippen LogP contribution is -2.12. The Morgan fingerprint density at radius 1 is 0.355 bits per heavy atom. The van der Waals surface area contributed by atoms with E-state index in [2.05, 4.69) is 12.1 Å². The smallest absolute Gasteiger partial charge is 0.309 e. The zero-order valence-corrected chi connectivity index (χ0v) is 32.2. The summed E-state index contributed by atoms with van der Waals surface area (Å²) in [5.74, 6) is 0. The number of para-hydroxylation sites is 2. The quantitative estimate of drug-likeness (QED) is 0.162. The van der Waals surface area contributed by atoms with Crippen LogP contribution in [-0.2, 0) is 12.4 Å². The van der Waals surface area contributed by atoms with E-state index in [-0.39, 0.29) is 11.4 Å². The molecular weight excluding hydrogens is 795 g/mol. The molecule has 62 heavy (non-hydrogen) atoms. The minimum absolute atomic E-state index is 0.235. The largest absolute Gasteiger partial charge is 0.417 e. The second-order valence-corrected chi connectivity index (χ2v) is 15.0. The predicted octanol–water partition coefficient (Wildman–Crippen LogP) is 14.7. The number of nitrogens with zero attached hydrogens (tertiary/aromatic N) is 4. The van der Waals surface area contributed by atoms with Crippen LogP contribution in [0.4, 0.5) is 26.3 Å². The average molecular weight is 823 g/mol. The van der Waals surface area contributed by atoms with Crippen molar-refractivity contribution >= 4 is 43.6 Å². The van der Waals surface area contributed by atoms with E-state index in [1.54, 1.807) is 69.8 Å². The summed E-state index contributed by atoms with van der Waals surface area (Å²) in [7, 11) is 0. The molecule has 0 fully saturated rings. The number of hydrogen-bond acceptors (Lipinski definition) is 2. The SMILES string of the molecule is N#Cc1ccc(-c2ccc3c4ccccc4n(-c4ccc(C(F)(F)F)c(-c5cc(-n6c7ccccc7c7ccc(-c8ccc(C#N)cc8)cc76)ccc5C(F)(F)F)c4)c3c2)cc1. The summed E-state index contributed by atoms with van der Waals surface area (Å²) in [6.45, 7) is 0. The molecule has 0 bridgehead atoms. The maximum atomic E-state index is 15.1. The normalized spacial score (nSPS) is 12.0. The molecule has 0 spiro atoms. The Balaban J connectivity index is 1.22. The fourth-order valence-corrected chi connectivity index (χ4v) is 8.61. The number of benzene rings is 8. The molecule has 0 aliphatic rings. The highest BCUT2D eigenvalue weighted by molar-refractivity contribution is 6.11. The Morgan fingerprint density at radius 2 is 0.710 bits per heavy atom. The second kappa shape index (κ2) is 14.3. The van der Waals surface area contributed by atoms with Crippen molar-refractivity contribution in [3.63, 3.8) is 0 Å². The highest BCUT2D eigenvalue weighted by Crippen LogP contribution is 2.46. The van der Waals surface area contributed by atoms with Gasteiger partial charge < -0.3 is 9.13 Å². The third-order valence-electron chi connectivity index (χ3n) is 11.5. The summed E-state index contributed by atoms with van der Waals surface area (Å²) >= 11 is 0. The molecule has 0 atom stereocenters. The fourth-order valence-electron chi connectivity index (χ4n) is 8.61. The third-order valence-corrected chi connectivity index (χ3v) is 11.5. The van der Waals surface area contributed by atoms with E-state index < -0.39 is 34.6 Å². The van der Waals surface area contributed by atoms with Gasteiger partial charge in [0.25, 0.3) is 0 Å². The highest BCUT2D eigenvalue weighted by atomic mass is 19.4. The monoisotopic (exact) mass is 822 g/mol. The molecule has 10 rings (SSSR count). The fraction of sp³-hybridized carbons (Fsp3) is 0.0385. The lowest BCUT2D eigenvalue weighted by Gasteiger charge is -2.21. The Hall–Kier alpha value is -8.08. The van der Waals surface area contributed by atoms with Crippen LogP contribution < -0.4 is 0 Å². The Morgan fingerprint density at radius 3 is 1.08 bits per heavy atom. The molecule has 0 saturated heterocycles. The molecule has 10 heteroatoms. The molecule has 0 radical (unpaired) electrons. The van der Waals surface area contributed by atoms with Crippen LogP contribution in [0.25, 0.3) is 88.4 Å². The van der Waals surface area contributed by atoms with Crippen LogP contribution in [-0.4, -0.2) is 9.13 Å². The van der Waals surface area contributed by atoms with Crippen molar-refractivity contribution in [2.24, 2.45) is 0 Å². The first-order chi connectivity index (χ1) is 29.9. The maximum Gasteiger partial charge on any atom is 0.417 e. The molecule has 10 aromatic rings. The molecule has 2 heterocycles. The molecule has 0 saturated carbocycles. The molecule has 0 aliphatic carbocycles. The number of hydrogen-bond donors (Lipinski definition) is 0. The number of rotatable bonds is 5. The number of nitriles is 2. The molecule has 0 N–H and O–H groups in total. The van der Waals surface area contributed by atoms with Crippen molar-refractivity contribution in [1.82, 2.24) is 9.13 Å². The first kappa shape index (κ1) is 38.1. The van der Waals surface area contributed by atoms with Gasteiger partial charge in [0.15, 0.2) is 0 Å². The lowest BCUT2D eigenvalue weighted by molar-refractivity contribution is -0.139. The van der Waals surface area contributed by atoms with Gasteiger partial charge in [-0.3, -0.25) is 0 Å². The summed E-state index contributed by atoms with van der Waals surface area (Å²) < 4.78 is 94.4. The topological polar surface area (TPSA) is 57.4 Å². The molecule has 0 amide bonds. The number of fused-ring (bicyclic) bond motifs is 6. The maximum absolute atomic E-state index is 15.1. The number of halogens is 6. The van der Waals surface area contributed by atoms with Gasteiger partial charge in [-0.2, -0.15) is 36.9 Å². The van der Waals surface area contributed by atoms with E-state index in [9.17, 15) is 10.5 Å². The number of aromatic nitrogens is 2. The van der Waals surface area contributed by atoms with Gasteiger partial charge in [-0.15, -0.1) is 0 Å². The van der Waals surface area contributed by atoms with Crippen molar-refractivity contribution < 1.29 is 26.3 Å². The van der Waals surface area contributed by atoms with Crippen molar-refractivity contribution in [1.29, 1.82) is 10.5 Å². The van der Waals surface area contributed by atoms with Crippen LogP contribution in [0.2, 0.25) is 0 Å². The summed E-state index contributed by atoms with van der Waals surface area (Å²) in [5, 5.41) is 21.9. The average Bonchev–Trinajstić information content (AvgIpc) is 3.80. The first-order valence-electron chi connectivity index (χ1n) is 19.4. The predicted molar refractivity (Wildman–Crippen MR) is 231 cm³/mol. The highest BCUT2D eigenvalue weighted by Gasteiger charge is 2.39. The van der Waals surface area contributed by atoms with E-state index in [4.69, 9.17) is 0 Å². The summed E-state index contributed by atoms with van der Waals surface area (Å²) in [5.41, 5.74) is 3.47. The van der Waals surface area contributed by atoms with Crippen molar-refractivity contribution in [3.05, 3.63) is 192 Å². The zero-order chi connectivity index (χ0) is 42.9. The summed E-state index contributed by atoms with van der Waals surface area (Å²) in [4.78, 5) is 0. The van der Waals surface area contributed by atoms with Crippen LogP contribution >= 0.6 is 0 Å². The summed E-state index contributed by atoms with van der Waals surface area (Å²) in [6, 6.07) is 51.1. The van der Waals surface area contributed by atoms with Gasteiger partial charge in [0.1, 0.15) is 0 Å². The summed E-state index contributed by atoms with van der Waals surface area (Å²) in [6.07, 6.45) is -10.0. The molecule has 0 unspecified atom stereocenters. The molecular formula is C52H28F6N4. The van der Waals surface area contributed by atoms with E-state index in [0.29, 0.717) is 33.2 Å². The molecule has 4 nitrogen and oxygen atoms in total. The van der Waals surface area contributed by atoms with Gasteiger partial charge in [0.05, 0.1) is 56.5 Å². The second-order valence-electron chi connectivity index (χ2n) is 15.0. The first-order valence-corrected chi connectivity index (χ1v) is 19.4. The van der Waals surface area contributed by atoms with Crippen LogP contribution in [0.5, 0.6) is 0 Å². The Bertz CT molecular complexity index is 3270. The van der Waals surface area contributed by atoms with Gasteiger partial charge in [-0.05, 0) is 118 Å². The van der Waals surface area contributed by atoms with Crippen LogP contribution in [0, 0.1) is 22.7 Å². The van der Waals surface area contributed by atoms with E-state index >= 15 is 26.3 Å². The lowest BCUT2D eigenvalue weighted by atomic mass is 9.93. The molecule has 2 aromatic heterocycles. The van der Waals surface area contributed by atoms with Crippen molar-refractivity contribution in [2.75, 3.05) is 0 Å². The van der Waals surface area contributed by atoms with Gasteiger partial charge >= 0.3 is 12.4 Å². The van der Waals surface area contributed by atoms with E-state index in [1.807, 2.05) is 72.8 Å². The van der Waals surface area contributed by atoms with Crippen molar-refractivity contribution in [2.45, 2.75) is 12.4 Å². The minimum atomic E-state index is -5.01. The van der Waals surface area contributed by atoms with Crippen molar-refractivity contribution in [3.8, 4) is 56.9 Å². The van der Waals surface area contributed by atoms with Gasteiger partial charge in [-0.25, -0.2) is 0 Å². The van der Waals surface area contributed by atoms with Gasteiger partial charge in [0.2, 0.25) is 0 Å². The van der Waals surface area contributed by atoms with Gasteiger partial charge in [-0.1, -0.05) is 84.9 Å². The van der Waals surface area contributed by atoms with E-state index in [1.165, 1.54) is 24.3 Å².